The van der Waals surface area contributed by atoms with Crippen LogP contribution in [0.15, 0.2) is 111 Å². The number of hydrogen-bond acceptors (Lipinski definition) is 8. The third kappa shape index (κ3) is 10.3. The van der Waals surface area contributed by atoms with Crippen LogP contribution in [0.25, 0.3) is 66.8 Å². The number of terminal acetylenes is 2. The zero-order chi connectivity index (χ0) is 50.1. The van der Waals surface area contributed by atoms with Crippen LogP contribution in [-0.2, 0) is 0 Å². The van der Waals surface area contributed by atoms with E-state index in [0.29, 0.717) is 33.8 Å². The Morgan fingerprint density at radius 3 is 1.41 bits per heavy atom. The number of carboxylic acid groups (broad SMARTS) is 2. The smallest absolute Gasteiger partial charge is 0.336 e. The molecule has 348 valence electrons. The molecule has 4 aromatic carbocycles. The fourth-order valence-corrected chi connectivity index (χ4v) is 8.64. The van der Waals surface area contributed by atoms with Gasteiger partial charge in [-0.25, -0.2) is 23.7 Å². The highest BCUT2D eigenvalue weighted by atomic mass is 32.1. The maximum Gasteiger partial charge on any atom is 0.336 e. The summed E-state index contributed by atoms with van der Waals surface area (Å²) in [6, 6.07) is 35.1. The number of rotatable bonds is 9. The first-order valence-corrected chi connectivity index (χ1v) is 22.8. The number of thiocarbonyl (C=S) groups is 1. The van der Waals surface area contributed by atoms with Crippen molar-refractivity contribution in [2.24, 2.45) is 4.99 Å². The molecule has 0 spiro atoms. The lowest BCUT2D eigenvalue weighted by Crippen LogP contribution is -2.31. The van der Waals surface area contributed by atoms with Crippen LogP contribution in [0.5, 0.6) is 0 Å². The lowest BCUT2D eigenvalue weighted by atomic mass is 9.89. The molecule has 4 aromatic rings. The van der Waals surface area contributed by atoms with Gasteiger partial charge < -0.3 is 29.7 Å². The number of benzene rings is 6. The SMILES string of the molecule is C#CNc1cc2oc3cc(=[N+](C)CC)c(C)cc-3c(-c3ccccc3C(=O)O)c2cc1C.C#CNc1cc2oc3cc(=[N+](CC)CC)c(C)cc-3c(-c3ccccc3C(=O)O)c2cc1C.CN=C=S. The molecule has 8 rings (SSSR count). The molecule has 0 saturated carbocycles. The lowest BCUT2D eigenvalue weighted by Gasteiger charge is -2.18. The first-order chi connectivity index (χ1) is 33.2. The number of hydrogen-bond donors (Lipinski definition) is 4. The molecule has 0 radical (unpaired) electrons. The Kier molecular flexibility index (Phi) is 16.0. The second-order valence-electron chi connectivity index (χ2n) is 16.3. The minimum Gasteiger partial charge on any atom is -0.478 e. The van der Waals surface area contributed by atoms with Gasteiger partial charge in [-0.05, 0) is 119 Å². The predicted molar refractivity (Wildman–Crippen MR) is 283 cm³/mol. The number of fused-ring (bicyclic) bond motifs is 4. The maximum atomic E-state index is 12.1. The lowest BCUT2D eigenvalue weighted by molar-refractivity contribution is 0.0687. The number of carbonyl (C=O) groups is 2. The summed E-state index contributed by atoms with van der Waals surface area (Å²) in [6.45, 7) is 17.0. The van der Waals surface area contributed by atoms with Gasteiger partial charge in [-0.1, -0.05) is 49.2 Å². The standard InChI is InChI=1S/C28H26N2O3.C27H24N2O3.C2H3NS/c1-6-29-23-15-25-21(13-17(23)4)27(19-11-9-10-12-20(19)28(31)32)22-14-18(5)24(16-26(22)33-25)30(7-2)8-3;1-6-28-22-14-24-20(12-16(22)3)26(18-10-8-9-11-19(18)27(30)31)21-13-17(4)23(29(5)7-2)15-25(21)32-24;1-3-2-4/h1,9-16H,7-8H2,2-5H3,(H,31,32);1,8-15H,7H2,2-5H3,(H,30,31);1H3/p+2. The average Bonchev–Trinajstić information content (AvgIpc) is 3.34. The fraction of sp³-hybridized carbons (Fsp3) is 0.211. The van der Waals surface area contributed by atoms with Crippen LogP contribution in [0.4, 0.5) is 11.4 Å². The Morgan fingerprint density at radius 2 is 1.03 bits per heavy atom. The van der Waals surface area contributed by atoms with E-state index in [4.69, 9.17) is 21.7 Å². The largest absolute Gasteiger partial charge is 0.478 e. The maximum absolute atomic E-state index is 12.1. The summed E-state index contributed by atoms with van der Waals surface area (Å²) in [7, 11) is 3.63. The minimum absolute atomic E-state index is 0.247. The number of aryl methyl sites for hydroxylation is 4. The Labute approximate surface area is 407 Å². The Morgan fingerprint density at radius 1 is 0.623 bits per heavy atom. The zero-order valence-electron chi connectivity index (χ0n) is 40.3. The summed E-state index contributed by atoms with van der Waals surface area (Å²) in [5, 5.41) is 31.6. The third-order valence-electron chi connectivity index (χ3n) is 12.1. The van der Waals surface area contributed by atoms with Crippen LogP contribution in [0, 0.1) is 52.6 Å². The summed E-state index contributed by atoms with van der Waals surface area (Å²) >= 11 is 4.14. The van der Waals surface area contributed by atoms with Crippen molar-refractivity contribution < 1.29 is 28.6 Å². The van der Waals surface area contributed by atoms with Crippen molar-refractivity contribution in [1.29, 1.82) is 0 Å². The van der Waals surface area contributed by atoms with Gasteiger partial charge in [0.2, 0.25) is 10.7 Å². The average molecular weight is 938 g/mol. The molecule has 0 fully saturated rings. The molecular formula is C57H55N5O6S+2. The molecule has 2 aliphatic heterocycles. The van der Waals surface area contributed by atoms with Crippen molar-refractivity contribution in [3.8, 4) is 69.8 Å². The van der Waals surface area contributed by atoms with Gasteiger partial charge in [0, 0.05) is 75.4 Å². The molecule has 2 heterocycles. The Bertz CT molecular complexity index is 3520. The molecule has 69 heavy (non-hydrogen) atoms. The highest BCUT2D eigenvalue weighted by Crippen LogP contribution is 2.44. The topological polar surface area (TPSA) is 143 Å². The quantitative estimate of drug-likeness (QED) is 0.0278. The number of aliphatic imine (C=N–C) groups is 1. The first-order valence-electron chi connectivity index (χ1n) is 22.4. The van der Waals surface area contributed by atoms with Crippen molar-refractivity contribution in [2.75, 3.05) is 44.4 Å². The van der Waals surface area contributed by atoms with Crippen molar-refractivity contribution in [3.05, 3.63) is 141 Å². The Balaban J connectivity index is 0.000000211. The van der Waals surface area contributed by atoms with Crippen LogP contribution in [0.1, 0.15) is 63.7 Å². The number of isothiocyanates is 1. The van der Waals surface area contributed by atoms with E-state index in [9.17, 15) is 19.8 Å². The molecule has 0 atom stereocenters. The fourth-order valence-electron chi connectivity index (χ4n) is 8.64. The summed E-state index contributed by atoms with van der Waals surface area (Å²) < 4.78 is 17.2. The number of nitrogens with one attached hydrogen (secondary N) is 2. The molecular weight excluding hydrogens is 883 g/mol. The molecule has 2 aliphatic carbocycles. The van der Waals surface area contributed by atoms with Crippen LogP contribution in [0.2, 0.25) is 0 Å². The minimum atomic E-state index is -0.968. The van der Waals surface area contributed by atoms with Crippen molar-refractivity contribution >= 4 is 62.6 Å². The highest BCUT2D eigenvalue weighted by Gasteiger charge is 2.26. The normalized spacial score (nSPS) is 11.0. The van der Waals surface area contributed by atoms with Gasteiger partial charge in [0.15, 0.2) is 0 Å². The van der Waals surface area contributed by atoms with Gasteiger partial charge in [0.05, 0.1) is 39.8 Å². The summed E-state index contributed by atoms with van der Waals surface area (Å²) in [5.74, 6) is -0.555. The van der Waals surface area contributed by atoms with E-state index < -0.39 is 11.9 Å². The number of carboxylic acids is 2. The van der Waals surface area contributed by atoms with Crippen molar-refractivity contribution in [2.45, 2.75) is 48.5 Å². The molecule has 4 N–H and O–H groups in total. The van der Waals surface area contributed by atoms with Gasteiger partial charge >= 0.3 is 11.9 Å². The monoisotopic (exact) mass is 937 g/mol. The van der Waals surface area contributed by atoms with E-state index in [1.54, 1.807) is 31.3 Å². The Hall–Kier alpha value is -8.28. The van der Waals surface area contributed by atoms with Crippen LogP contribution in [0.3, 0.4) is 0 Å². The van der Waals surface area contributed by atoms with Gasteiger partial charge in [-0.15, -0.1) is 0 Å². The van der Waals surface area contributed by atoms with Gasteiger partial charge in [-0.3, -0.25) is 0 Å². The number of aromatic carboxylic acids is 2. The molecule has 0 saturated heterocycles. The summed E-state index contributed by atoms with van der Waals surface area (Å²) in [6.07, 6.45) is 10.9. The molecule has 0 bridgehead atoms. The van der Waals surface area contributed by atoms with Crippen molar-refractivity contribution in [1.82, 2.24) is 9.15 Å². The van der Waals surface area contributed by atoms with Gasteiger partial charge in [0.25, 0.3) is 0 Å². The van der Waals surface area contributed by atoms with Crippen LogP contribution in [-0.4, -0.2) is 61.0 Å². The third-order valence-corrected chi connectivity index (χ3v) is 12.3. The van der Waals surface area contributed by atoms with E-state index in [1.807, 2.05) is 75.5 Å². The van der Waals surface area contributed by atoms with E-state index in [-0.39, 0.29) is 11.1 Å². The van der Waals surface area contributed by atoms with E-state index in [0.717, 1.165) is 97.0 Å². The second kappa shape index (κ2) is 22.0. The summed E-state index contributed by atoms with van der Waals surface area (Å²) in [5.41, 5.74) is 12.1. The second-order valence-corrected chi connectivity index (χ2v) is 16.5. The molecule has 11 nitrogen and oxygen atoms in total. The molecule has 0 unspecified atom stereocenters. The van der Waals surface area contributed by atoms with E-state index in [2.05, 4.69) is 107 Å². The number of anilines is 2. The van der Waals surface area contributed by atoms with E-state index in [1.165, 1.54) is 0 Å². The van der Waals surface area contributed by atoms with Crippen LogP contribution >= 0.6 is 12.2 Å². The molecule has 4 aliphatic rings. The number of nitrogens with zero attached hydrogens (tertiary/aromatic N) is 3. The van der Waals surface area contributed by atoms with Crippen LogP contribution < -0.4 is 30.5 Å². The van der Waals surface area contributed by atoms with Crippen molar-refractivity contribution in [3.63, 3.8) is 0 Å². The highest BCUT2D eigenvalue weighted by molar-refractivity contribution is 7.78. The predicted octanol–water partition coefficient (Wildman–Crippen LogP) is 11.0. The van der Waals surface area contributed by atoms with Gasteiger partial charge in [-0.2, -0.15) is 0 Å². The molecule has 12 heteroatoms. The molecule has 0 aromatic heterocycles. The van der Waals surface area contributed by atoms with Gasteiger partial charge in [0.1, 0.15) is 49.4 Å². The first kappa shape index (κ1) is 50.1. The molecule has 0 amide bonds. The summed E-state index contributed by atoms with van der Waals surface area (Å²) in [4.78, 5) is 27.5. The van der Waals surface area contributed by atoms with E-state index >= 15 is 0 Å². The zero-order valence-corrected chi connectivity index (χ0v) is 41.1.